The molecule has 5 rings (SSSR count). The molecule has 1 N–H and O–H groups in total. The van der Waals surface area contributed by atoms with Gasteiger partial charge in [0.2, 0.25) is 5.91 Å². The minimum Gasteiger partial charge on any atom is -0.497 e. The monoisotopic (exact) mass is 457 g/mol. The van der Waals surface area contributed by atoms with Gasteiger partial charge < -0.3 is 10.1 Å². The normalized spacial score (nSPS) is 10.9. The maximum atomic E-state index is 12.7. The molecule has 0 aliphatic heterocycles. The Hall–Kier alpha value is -4.24. The van der Waals surface area contributed by atoms with Gasteiger partial charge in [-0.05, 0) is 30.3 Å². The summed E-state index contributed by atoms with van der Waals surface area (Å²) in [5.74, 6) is 0.331. The molecular formula is C24H19N5O3S. The van der Waals surface area contributed by atoms with E-state index in [1.807, 2.05) is 64.6 Å². The molecule has 3 heterocycles. The van der Waals surface area contributed by atoms with Crippen LogP contribution in [0.4, 0.5) is 5.69 Å². The van der Waals surface area contributed by atoms with Crippen LogP contribution < -0.4 is 15.6 Å². The molecule has 0 spiro atoms. The Labute approximate surface area is 192 Å². The lowest BCUT2D eigenvalue weighted by atomic mass is 10.1. The van der Waals surface area contributed by atoms with E-state index < -0.39 is 0 Å². The van der Waals surface area contributed by atoms with Crippen LogP contribution in [0.2, 0.25) is 0 Å². The van der Waals surface area contributed by atoms with E-state index in [9.17, 15) is 9.59 Å². The van der Waals surface area contributed by atoms with Crippen LogP contribution >= 0.6 is 11.3 Å². The molecular weight excluding hydrogens is 438 g/mol. The third kappa shape index (κ3) is 4.39. The Kier molecular flexibility index (Phi) is 5.45. The minimum absolute atomic E-state index is 0.207. The number of ether oxygens (including phenoxy) is 1. The SMILES string of the molecule is COc1cccc(-c2ccc(=O)n(CC(=O)Nc3cccc(-c4cn5ccsc5n4)c3)n2)c1. The molecule has 0 unspecified atom stereocenters. The molecule has 164 valence electrons. The Bertz CT molecular complexity index is 1490. The smallest absolute Gasteiger partial charge is 0.267 e. The maximum Gasteiger partial charge on any atom is 0.267 e. The predicted molar refractivity (Wildman–Crippen MR) is 128 cm³/mol. The van der Waals surface area contributed by atoms with E-state index in [1.54, 1.807) is 30.6 Å². The molecule has 0 saturated carbocycles. The fourth-order valence-corrected chi connectivity index (χ4v) is 4.16. The summed E-state index contributed by atoms with van der Waals surface area (Å²) in [5.41, 5.74) is 3.33. The summed E-state index contributed by atoms with van der Waals surface area (Å²) >= 11 is 1.56. The van der Waals surface area contributed by atoms with Crippen molar-refractivity contribution in [2.75, 3.05) is 12.4 Å². The molecule has 0 aliphatic rings. The lowest BCUT2D eigenvalue weighted by Gasteiger charge is -2.09. The summed E-state index contributed by atoms with van der Waals surface area (Å²) in [6, 6.07) is 17.8. The van der Waals surface area contributed by atoms with Crippen molar-refractivity contribution in [1.29, 1.82) is 0 Å². The van der Waals surface area contributed by atoms with Crippen LogP contribution in [0.3, 0.4) is 0 Å². The van der Waals surface area contributed by atoms with Crippen molar-refractivity contribution in [3.8, 4) is 28.3 Å². The molecule has 9 heteroatoms. The van der Waals surface area contributed by atoms with Crippen molar-refractivity contribution in [2.24, 2.45) is 0 Å². The van der Waals surface area contributed by atoms with E-state index >= 15 is 0 Å². The number of imidazole rings is 1. The van der Waals surface area contributed by atoms with Gasteiger partial charge in [-0.1, -0.05) is 24.3 Å². The molecule has 3 aromatic heterocycles. The molecule has 0 radical (unpaired) electrons. The quantitative estimate of drug-likeness (QED) is 0.417. The van der Waals surface area contributed by atoms with Crippen LogP contribution in [0.1, 0.15) is 0 Å². The summed E-state index contributed by atoms with van der Waals surface area (Å²) < 4.78 is 8.36. The minimum atomic E-state index is -0.358. The number of hydrogen-bond acceptors (Lipinski definition) is 6. The summed E-state index contributed by atoms with van der Waals surface area (Å²) in [4.78, 5) is 30.5. The Morgan fingerprint density at radius 3 is 2.70 bits per heavy atom. The van der Waals surface area contributed by atoms with Crippen molar-refractivity contribution < 1.29 is 9.53 Å². The second-order valence-electron chi connectivity index (χ2n) is 7.29. The van der Waals surface area contributed by atoms with E-state index in [4.69, 9.17) is 4.74 Å². The number of nitrogens with zero attached hydrogens (tertiary/aromatic N) is 4. The lowest BCUT2D eigenvalue weighted by molar-refractivity contribution is -0.117. The van der Waals surface area contributed by atoms with Gasteiger partial charge in [-0.15, -0.1) is 11.3 Å². The topological polar surface area (TPSA) is 90.5 Å². The second kappa shape index (κ2) is 8.71. The molecule has 5 aromatic rings. The average molecular weight is 458 g/mol. The van der Waals surface area contributed by atoms with Crippen LogP contribution in [0.15, 0.2) is 83.2 Å². The van der Waals surface area contributed by atoms with Crippen LogP contribution in [0.25, 0.3) is 27.5 Å². The number of aromatic nitrogens is 4. The van der Waals surface area contributed by atoms with Gasteiger partial charge in [0.15, 0.2) is 4.96 Å². The summed E-state index contributed by atoms with van der Waals surface area (Å²) in [6.07, 6.45) is 3.90. The van der Waals surface area contributed by atoms with E-state index in [0.29, 0.717) is 17.1 Å². The molecule has 0 aliphatic carbocycles. The highest BCUT2D eigenvalue weighted by Crippen LogP contribution is 2.24. The van der Waals surface area contributed by atoms with Crippen molar-refractivity contribution in [1.82, 2.24) is 19.2 Å². The Balaban J connectivity index is 1.34. The lowest BCUT2D eigenvalue weighted by Crippen LogP contribution is -2.29. The van der Waals surface area contributed by atoms with Crippen molar-refractivity contribution in [3.63, 3.8) is 0 Å². The van der Waals surface area contributed by atoms with E-state index in [2.05, 4.69) is 15.4 Å². The van der Waals surface area contributed by atoms with Crippen LogP contribution in [0.5, 0.6) is 5.75 Å². The molecule has 2 aromatic carbocycles. The van der Waals surface area contributed by atoms with Gasteiger partial charge in [0, 0.05) is 40.7 Å². The first-order valence-corrected chi connectivity index (χ1v) is 11.0. The molecule has 33 heavy (non-hydrogen) atoms. The number of anilines is 1. The third-order valence-corrected chi connectivity index (χ3v) is 5.83. The standard InChI is InChI=1S/C24H19N5O3S/c1-32-19-7-3-5-17(13-19)20-8-9-23(31)29(27-20)15-22(30)25-18-6-2-4-16(12-18)21-14-28-10-11-33-24(28)26-21/h2-14H,15H2,1H3,(H,25,30). The fraction of sp³-hybridized carbons (Fsp3) is 0.0833. The number of fused-ring (bicyclic) bond motifs is 1. The van der Waals surface area contributed by atoms with E-state index in [-0.39, 0.29) is 18.0 Å². The van der Waals surface area contributed by atoms with Crippen LogP contribution in [-0.2, 0) is 11.3 Å². The first-order chi connectivity index (χ1) is 16.1. The molecule has 0 fully saturated rings. The highest BCUT2D eigenvalue weighted by atomic mass is 32.1. The van der Waals surface area contributed by atoms with E-state index in [1.165, 1.54) is 6.07 Å². The zero-order valence-corrected chi connectivity index (χ0v) is 18.5. The highest BCUT2D eigenvalue weighted by molar-refractivity contribution is 7.15. The molecule has 8 nitrogen and oxygen atoms in total. The number of amides is 1. The first-order valence-electron chi connectivity index (χ1n) is 10.1. The highest BCUT2D eigenvalue weighted by Gasteiger charge is 2.11. The number of carbonyl (C=O) groups excluding carboxylic acids is 1. The van der Waals surface area contributed by atoms with E-state index in [0.717, 1.165) is 26.5 Å². The molecule has 1 amide bonds. The molecule has 0 saturated heterocycles. The summed E-state index contributed by atoms with van der Waals surface area (Å²) in [6.45, 7) is -0.207. The van der Waals surface area contributed by atoms with Crippen LogP contribution in [-0.4, -0.2) is 32.2 Å². The zero-order valence-electron chi connectivity index (χ0n) is 17.6. The number of thiazole rings is 1. The van der Waals surface area contributed by atoms with Gasteiger partial charge >= 0.3 is 0 Å². The maximum absolute atomic E-state index is 12.7. The number of methoxy groups -OCH3 is 1. The number of carbonyl (C=O) groups is 1. The van der Waals surface area contributed by atoms with Gasteiger partial charge in [0.1, 0.15) is 12.3 Å². The number of benzene rings is 2. The molecule has 0 bridgehead atoms. The Morgan fingerprint density at radius 1 is 1.06 bits per heavy atom. The van der Waals surface area contributed by atoms with Crippen LogP contribution in [0, 0.1) is 0 Å². The predicted octanol–water partition coefficient (Wildman–Crippen LogP) is 3.93. The summed E-state index contributed by atoms with van der Waals surface area (Å²) in [5, 5.41) is 9.18. The Morgan fingerprint density at radius 2 is 1.88 bits per heavy atom. The summed E-state index contributed by atoms with van der Waals surface area (Å²) in [7, 11) is 1.59. The number of rotatable bonds is 6. The average Bonchev–Trinajstić information content (AvgIpc) is 3.43. The largest absolute Gasteiger partial charge is 0.497 e. The van der Waals surface area contributed by atoms with Crippen molar-refractivity contribution >= 4 is 27.9 Å². The third-order valence-electron chi connectivity index (χ3n) is 5.06. The number of nitrogens with one attached hydrogen (secondary N) is 1. The zero-order chi connectivity index (χ0) is 22.8. The fourth-order valence-electron chi connectivity index (χ4n) is 3.46. The van der Waals surface area contributed by atoms with Crippen molar-refractivity contribution in [2.45, 2.75) is 6.54 Å². The van der Waals surface area contributed by atoms with Gasteiger partial charge in [-0.2, -0.15) is 5.10 Å². The van der Waals surface area contributed by atoms with Gasteiger partial charge in [0.05, 0.1) is 18.5 Å². The van der Waals surface area contributed by atoms with Gasteiger partial charge in [0.25, 0.3) is 5.56 Å². The van der Waals surface area contributed by atoms with Gasteiger partial charge in [-0.3, -0.25) is 14.0 Å². The number of hydrogen-bond donors (Lipinski definition) is 1. The first kappa shape index (κ1) is 20.7. The van der Waals surface area contributed by atoms with Gasteiger partial charge in [-0.25, -0.2) is 9.67 Å². The second-order valence-corrected chi connectivity index (χ2v) is 8.17. The molecule has 0 atom stereocenters. The van der Waals surface area contributed by atoms with Crippen molar-refractivity contribution in [3.05, 3.63) is 88.8 Å².